The quantitative estimate of drug-likeness (QED) is 0.725. The zero-order valence-electron chi connectivity index (χ0n) is 8.16. The summed E-state index contributed by atoms with van der Waals surface area (Å²) < 4.78 is 18.2. The van der Waals surface area contributed by atoms with E-state index in [4.69, 9.17) is 4.74 Å². The number of ether oxygens (including phenoxy) is 1. The van der Waals surface area contributed by atoms with Crippen LogP contribution in [0.25, 0.3) is 0 Å². The summed E-state index contributed by atoms with van der Waals surface area (Å²) in [7, 11) is 1.86. The second kappa shape index (κ2) is 6.16. The third-order valence-electron chi connectivity index (χ3n) is 1.66. The number of rotatable bonds is 5. The molecule has 0 saturated heterocycles. The van der Waals surface area contributed by atoms with Crippen molar-refractivity contribution in [3.63, 3.8) is 0 Å². The molecule has 1 N–H and O–H groups in total. The Morgan fingerprint density at radius 3 is 2.86 bits per heavy atom. The highest BCUT2D eigenvalue weighted by Gasteiger charge is 1.98. The van der Waals surface area contributed by atoms with Gasteiger partial charge in [-0.05, 0) is 19.2 Å². The van der Waals surface area contributed by atoms with Crippen molar-refractivity contribution in [3.8, 4) is 5.75 Å². The number of para-hydroxylation sites is 1. The summed E-state index contributed by atoms with van der Waals surface area (Å²) in [6.07, 6.45) is 3.78. The Kier molecular flexibility index (Phi) is 4.72. The molecule has 76 valence electrons. The van der Waals surface area contributed by atoms with Crippen molar-refractivity contribution in [1.29, 1.82) is 0 Å². The van der Waals surface area contributed by atoms with Gasteiger partial charge in [0, 0.05) is 6.54 Å². The number of likely N-dealkylation sites (N-methyl/N-ethyl adjacent to an activating group) is 1. The van der Waals surface area contributed by atoms with E-state index in [1.807, 2.05) is 19.2 Å². The van der Waals surface area contributed by atoms with Crippen molar-refractivity contribution in [2.75, 3.05) is 20.2 Å². The van der Waals surface area contributed by atoms with Crippen LogP contribution in [0.4, 0.5) is 4.39 Å². The van der Waals surface area contributed by atoms with Crippen molar-refractivity contribution in [2.24, 2.45) is 0 Å². The fourth-order valence-corrected chi connectivity index (χ4v) is 0.969. The molecular weight excluding hydrogens is 181 g/mol. The van der Waals surface area contributed by atoms with Gasteiger partial charge in [-0.25, -0.2) is 4.39 Å². The summed E-state index contributed by atoms with van der Waals surface area (Å²) in [5, 5.41) is 2.96. The molecule has 0 atom stereocenters. The lowest BCUT2D eigenvalue weighted by Gasteiger charge is -2.03. The van der Waals surface area contributed by atoms with Crippen LogP contribution in [0.3, 0.4) is 0 Å². The average Bonchev–Trinajstić information content (AvgIpc) is 2.20. The summed E-state index contributed by atoms with van der Waals surface area (Å²) in [5.74, 6) is -0.0314. The molecule has 0 aliphatic carbocycles. The molecule has 0 unspecified atom stereocenters. The van der Waals surface area contributed by atoms with E-state index in [1.54, 1.807) is 18.2 Å². The lowest BCUT2D eigenvalue weighted by atomic mass is 10.3. The van der Waals surface area contributed by atoms with Crippen molar-refractivity contribution < 1.29 is 9.13 Å². The van der Waals surface area contributed by atoms with Gasteiger partial charge in [-0.1, -0.05) is 24.3 Å². The summed E-state index contributed by atoms with van der Waals surface area (Å²) in [6.45, 7) is 1.18. The third-order valence-corrected chi connectivity index (χ3v) is 1.66. The molecule has 1 aromatic rings. The van der Waals surface area contributed by atoms with Gasteiger partial charge in [0.15, 0.2) is 11.6 Å². The molecule has 14 heavy (non-hydrogen) atoms. The maximum Gasteiger partial charge on any atom is 0.165 e. The van der Waals surface area contributed by atoms with Crippen LogP contribution in [0, 0.1) is 5.82 Å². The third kappa shape index (κ3) is 3.58. The summed E-state index contributed by atoms with van der Waals surface area (Å²) in [6, 6.07) is 6.38. The van der Waals surface area contributed by atoms with E-state index in [0.29, 0.717) is 12.4 Å². The first-order valence-corrected chi connectivity index (χ1v) is 4.51. The van der Waals surface area contributed by atoms with Gasteiger partial charge >= 0.3 is 0 Å². The highest BCUT2D eigenvalue weighted by molar-refractivity contribution is 5.23. The molecule has 1 aromatic carbocycles. The number of nitrogens with one attached hydrogen (secondary N) is 1. The van der Waals surface area contributed by atoms with E-state index < -0.39 is 0 Å². The Morgan fingerprint density at radius 2 is 2.14 bits per heavy atom. The van der Waals surface area contributed by atoms with Gasteiger partial charge in [0.25, 0.3) is 0 Å². The van der Waals surface area contributed by atoms with Gasteiger partial charge in [-0.15, -0.1) is 0 Å². The minimum Gasteiger partial charge on any atom is -0.486 e. The zero-order chi connectivity index (χ0) is 10.2. The van der Waals surface area contributed by atoms with Crippen molar-refractivity contribution >= 4 is 0 Å². The lowest BCUT2D eigenvalue weighted by molar-refractivity contribution is 0.341. The van der Waals surface area contributed by atoms with E-state index >= 15 is 0 Å². The molecule has 0 saturated carbocycles. The van der Waals surface area contributed by atoms with E-state index in [2.05, 4.69) is 5.32 Å². The van der Waals surface area contributed by atoms with Crippen molar-refractivity contribution in [3.05, 3.63) is 42.2 Å². The maximum absolute atomic E-state index is 13.0. The first kappa shape index (κ1) is 10.7. The fraction of sp³-hybridized carbons (Fsp3) is 0.273. The first-order chi connectivity index (χ1) is 6.84. The second-order valence-corrected chi connectivity index (χ2v) is 2.77. The molecule has 0 amide bonds. The molecule has 2 nitrogen and oxygen atoms in total. The van der Waals surface area contributed by atoms with E-state index in [1.165, 1.54) is 6.07 Å². The standard InChI is InChI=1S/C11H14FNO/c1-13-8-4-5-9-14-11-7-3-2-6-10(11)12/h2-7,13H,8-9H2,1H3/b5-4+. The number of benzene rings is 1. The van der Waals surface area contributed by atoms with Gasteiger partial charge in [-0.3, -0.25) is 0 Å². The molecule has 0 spiro atoms. The Balaban J connectivity index is 2.35. The molecule has 0 bridgehead atoms. The van der Waals surface area contributed by atoms with Crippen LogP contribution in [0.2, 0.25) is 0 Å². The van der Waals surface area contributed by atoms with Gasteiger partial charge < -0.3 is 10.1 Å². The van der Waals surface area contributed by atoms with E-state index in [9.17, 15) is 4.39 Å². The second-order valence-electron chi connectivity index (χ2n) is 2.77. The predicted octanol–water partition coefficient (Wildman–Crippen LogP) is 1.98. The first-order valence-electron chi connectivity index (χ1n) is 4.51. The number of hydrogen-bond donors (Lipinski definition) is 1. The molecular formula is C11H14FNO. The molecule has 0 heterocycles. The van der Waals surface area contributed by atoms with Crippen LogP contribution in [0.5, 0.6) is 5.75 Å². The molecule has 0 radical (unpaired) electrons. The van der Waals surface area contributed by atoms with Crippen LogP contribution in [0.15, 0.2) is 36.4 Å². The minimum atomic E-state index is -0.325. The smallest absolute Gasteiger partial charge is 0.165 e. The van der Waals surface area contributed by atoms with E-state index in [0.717, 1.165) is 6.54 Å². The largest absolute Gasteiger partial charge is 0.486 e. The Hall–Kier alpha value is -1.35. The SMILES string of the molecule is CNC/C=C/COc1ccccc1F. The molecule has 0 aliphatic heterocycles. The highest BCUT2D eigenvalue weighted by atomic mass is 19.1. The summed E-state index contributed by atoms with van der Waals surface area (Å²) in [4.78, 5) is 0. The van der Waals surface area contributed by atoms with Gasteiger partial charge in [0.05, 0.1) is 0 Å². The molecule has 1 rings (SSSR count). The van der Waals surface area contributed by atoms with Crippen LogP contribution in [-0.4, -0.2) is 20.2 Å². The fourth-order valence-electron chi connectivity index (χ4n) is 0.969. The van der Waals surface area contributed by atoms with Crippen LogP contribution in [-0.2, 0) is 0 Å². The summed E-state index contributed by atoms with van der Waals surface area (Å²) >= 11 is 0. The monoisotopic (exact) mass is 195 g/mol. The molecule has 0 aliphatic rings. The van der Waals surface area contributed by atoms with Gasteiger partial charge in [0.2, 0.25) is 0 Å². The average molecular weight is 195 g/mol. The molecule has 0 fully saturated rings. The zero-order valence-corrected chi connectivity index (χ0v) is 8.16. The van der Waals surface area contributed by atoms with Gasteiger partial charge in [0.1, 0.15) is 6.61 Å². The summed E-state index contributed by atoms with van der Waals surface area (Å²) in [5.41, 5.74) is 0. The Morgan fingerprint density at radius 1 is 1.36 bits per heavy atom. The van der Waals surface area contributed by atoms with Crippen molar-refractivity contribution in [1.82, 2.24) is 5.32 Å². The van der Waals surface area contributed by atoms with Crippen LogP contribution in [0.1, 0.15) is 0 Å². The number of halogens is 1. The topological polar surface area (TPSA) is 21.3 Å². The molecule has 3 heteroatoms. The van der Waals surface area contributed by atoms with Crippen molar-refractivity contribution in [2.45, 2.75) is 0 Å². The van der Waals surface area contributed by atoms with Crippen LogP contribution < -0.4 is 10.1 Å². The Bertz CT molecular complexity index is 299. The van der Waals surface area contributed by atoms with Crippen LogP contribution >= 0.6 is 0 Å². The maximum atomic E-state index is 13.0. The molecule has 0 aromatic heterocycles. The number of hydrogen-bond acceptors (Lipinski definition) is 2. The van der Waals surface area contributed by atoms with E-state index in [-0.39, 0.29) is 5.82 Å². The van der Waals surface area contributed by atoms with Gasteiger partial charge in [-0.2, -0.15) is 0 Å². The predicted molar refractivity (Wildman–Crippen MR) is 55.0 cm³/mol. The normalized spacial score (nSPS) is 10.7. The minimum absolute atomic E-state index is 0.293. The highest BCUT2D eigenvalue weighted by Crippen LogP contribution is 2.14. The Labute approximate surface area is 83.4 Å². The lowest BCUT2D eigenvalue weighted by Crippen LogP contribution is -2.04.